The van der Waals surface area contributed by atoms with Crippen molar-refractivity contribution in [2.24, 2.45) is 5.73 Å². The first-order valence-corrected chi connectivity index (χ1v) is 3.84. The Labute approximate surface area is 71.2 Å². The Morgan fingerprint density at radius 1 is 1.33 bits per heavy atom. The lowest BCUT2D eigenvalue weighted by molar-refractivity contribution is 0.872. The van der Waals surface area contributed by atoms with Crippen molar-refractivity contribution in [3.63, 3.8) is 0 Å². The highest BCUT2D eigenvalue weighted by atomic mass is 15.0. The van der Waals surface area contributed by atoms with Crippen LogP contribution in [0.4, 0.5) is 11.6 Å². The lowest BCUT2D eigenvalue weighted by Gasteiger charge is -2.03. The smallest absolute Gasteiger partial charge is 0.220 e. The van der Waals surface area contributed by atoms with Crippen LogP contribution in [0, 0.1) is 0 Å². The third-order valence-corrected chi connectivity index (χ3v) is 1.38. The molecule has 1 heterocycles. The van der Waals surface area contributed by atoms with Gasteiger partial charge in [0.25, 0.3) is 0 Å². The third kappa shape index (κ3) is 2.71. The molecule has 0 aliphatic carbocycles. The van der Waals surface area contributed by atoms with Gasteiger partial charge in [0.15, 0.2) is 0 Å². The third-order valence-electron chi connectivity index (χ3n) is 1.38. The number of hydrogen-bond acceptors (Lipinski definition) is 5. The summed E-state index contributed by atoms with van der Waals surface area (Å²) in [6, 6.07) is 0. The molecule has 0 aliphatic heterocycles. The highest BCUT2D eigenvalue weighted by Crippen LogP contribution is 2.02. The van der Waals surface area contributed by atoms with Gasteiger partial charge in [-0.05, 0) is 13.0 Å². The minimum Gasteiger partial charge on any atom is -0.382 e. The molecule has 0 aromatic carbocycles. The summed E-state index contributed by atoms with van der Waals surface area (Å²) in [6.07, 6.45) is 4.24. The highest BCUT2D eigenvalue weighted by Gasteiger charge is 1.91. The molecule has 0 saturated carbocycles. The number of rotatable bonds is 4. The molecule has 5 nitrogen and oxygen atoms in total. The van der Waals surface area contributed by atoms with Crippen LogP contribution in [0.15, 0.2) is 12.4 Å². The first kappa shape index (κ1) is 8.73. The van der Waals surface area contributed by atoms with Gasteiger partial charge in [-0.25, -0.2) is 9.97 Å². The van der Waals surface area contributed by atoms with Crippen LogP contribution in [0.2, 0.25) is 0 Å². The maximum Gasteiger partial charge on any atom is 0.220 e. The normalized spacial score (nSPS) is 9.75. The van der Waals surface area contributed by atoms with Crippen molar-refractivity contribution >= 4 is 11.6 Å². The molecule has 12 heavy (non-hydrogen) atoms. The van der Waals surface area contributed by atoms with E-state index in [-0.39, 0.29) is 0 Å². The minimum absolute atomic E-state index is 0.291. The number of nitrogens with two attached hydrogens (primary N) is 2. The van der Waals surface area contributed by atoms with E-state index in [2.05, 4.69) is 15.3 Å². The predicted octanol–water partition coefficient (Wildman–Crippen LogP) is -0.181. The molecule has 5 N–H and O–H groups in total. The van der Waals surface area contributed by atoms with Gasteiger partial charge in [0.05, 0.1) is 18.1 Å². The average molecular weight is 167 g/mol. The van der Waals surface area contributed by atoms with Gasteiger partial charge < -0.3 is 16.8 Å². The second kappa shape index (κ2) is 4.50. The molecule has 66 valence electrons. The van der Waals surface area contributed by atoms with Gasteiger partial charge in [-0.15, -0.1) is 0 Å². The van der Waals surface area contributed by atoms with Crippen molar-refractivity contribution in [1.29, 1.82) is 0 Å². The zero-order valence-corrected chi connectivity index (χ0v) is 6.83. The van der Waals surface area contributed by atoms with Gasteiger partial charge in [-0.2, -0.15) is 0 Å². The molecule has 0 aliphatic rings. The van der Waals surface area contributed by atoms with E-state index < -0.39 is 0 Å². The van der Waals surface area contributed by atoms with E-state index in [0.717, 1.165) is 18.7 Å². The maximum absolute atomic E-state index is 5.33. The van der Waals surface area contributed by atoms with Gasteiger partial charge in [-0.3, -0.25) is 0 Å². The molecule has 5 heteroatoms. The molecule has 0 spiro atoms. The summed E-state index contributed by atoms with van der Waals surface area (Å²) in [4.78, 5) is 7.66. The molecule has 0 amide bonds. The summed E-state index contributed by atoms with van der Waals surface area (Å²) in [5.41, 5.74) is 11.5. The number of anilines is 2. The van der Waals surface area contributed by atoms with Gasteiger partial charge in [0, 0.05) is 6.54 Å². The lowest BCUT2D eigenvalue weighted by atomic mass is 10.4. The van der Waals surface area contributed by atoms with Gasteiger partial charge >= 0.3 is 0 Å². The van der Waals surface area contributed by atoms with Gasteiger partial charge in [-0.1, -0.05) is 0 Å². The van der Waals surface area contributed by atoms with Crippen LogP contribution in [0.5, 0.6) is 0 Å². The summed E-state index contributed by atoms with van der Waals surface area (Å²) in [6.45, 7) is 1.52. The minimum atomic E-state index is 0.291. The SMILES string of the molecule is NCCCNc1cnc(N)nc1. The first-order valence-electron chi connectivity index (χ1n) is 3.84. The van der Waals surface area contributed by atoms with Crippen molar-refractivity contribution in [2.75, 3.05) is 24.1 Å². The van der Waals surface area contributed by atoms with Crippen molar-refractivity contribution in [2.45, 2.75) is 6.42 Å². The molecule has 1 aromatic rings. The van der Waals surface area contributed by atoms with Crippen LogP contribution in [-0.2, 0) is 0 Å². The van der Waals surface area contributed by atoms with E-state index in [4.69, 9.17) is 11.5 Å². The van der Waals surface area contributed by atoms with Gasteiger partial charge in [0.1, 0.15) is 0 Å². The quantitative estimate of drug-likeness (QED) is 0.541. The molecular formula is C7H13N5. The largest absolute Gasteiger partial charge is 0.382 e. The van der Waals surface area contributed by atoms with E-state index in [1.54, 1.807) is 12.4 Å². The van der Waals surface area contributed by atoms with Crippen molar-refractivity contribution in [1.82, 2.24) is 9.97 Å². The fraction of sp³-hybridized carbons (Fsp3) is 0.429. The Balaban J connectivity index is 2.37. The van der Waals surface area contributed by atoms with Crippen molar-refractivity contribution < 1.29 is 0 Å². The number of aromatic nitrogens is 2. The fourth-order valence-electron chi connectivity index (χ4n) is 0.764. The summed E-state index contributed by atoms with van der Waals surface area (Å²) in [5, 5.41) is 3.11. The van der Waals surface area contributed by atoms with Crippen molar-refractivity contribution in [3.05, 3.63) is 12.4 Å². The Morgan fingerprint density at radius 2 is 2.00 bits per heavy atom. The number of nitrogens with one attached hydrogen (secondary N) is 1. The summed E-state index contributed by atoms with van der Waals surface area (Å²) >= 11 is 0. The molecule has 1 aromatic heterocycles. The Kier molecular flexibility index (Phi) is 3.28. The lowest BCUT2D eigenvalue weighted by Crippen LogP contribution is -2.09. The zero-order chi connectivity index (χ0) is 8.81. The fourth-order valence-corrected chi connectivity index (χ4v) is 0.764. The zero-order valence-electron chi connectivity index (χ0n) is 6.83. The molecule has 0 atom stereocenters. The Morgan fingerprint density at radius 3 is 2.58 bits per heavy atom. The Bertz CT molecular complexity index is 220. The average Bonchev–Trinajstić information content (AvgIpc) is 2.09. The number of nitrogens with zero attached hydrogens (tertiary/aromatic N) is 2. The second-order valence-corrected chi connectivity index (χ2v) is 2.40. The van der Waals surface area contributed by atoms with Gasteiger partial charge in [0.2, 0.25) is 5.95 Å². The molecule has 0 unspecified atom stereocenters. The maximum atomic E-state index is 5.33. The first-order chi connectivity index (χ1) is 5.83. The Hall–Kier alpha value is -1.36. The van der Waals surface area contributed by atoms with Crippen molar-refractivity contribution in [3.8, 4) is 0 Å². The number of nitrogen functional groups attached to an aromatic ring is 1. The van der Waals surface area contributed by atoms with Crippen LogP contribution in [0.25, 0.3) is 0 Å². The topological polar surface area (TPSA) is 89.8 Å². The summed E-state index contributed by atoms with van der Waals surface area (Å²) in [7, 11) is 0. The highest BCUT2D eigenvalue weighted by molar-refractivity contribution is 5.39. The molecule has 0 saturated heterocycles. The van der Waals surface area contributed by atoms with E-state index in [9.17, 15) is 0 Å². The second-order valence-electron chi connectivity index (χ2n) is 2.40. The standard InChI is InChI=1S/C7H13N5/c8-2-1-3-10-6-4-11-7(9)12-5-6/h4-5,10H,1-3,8H2,(H2,9,11,12). The molecule has 0 fully saturated rings. The summed E-state index contributed by atoms with van der Waals surface area (Å²) in [5.74, 6) is 0.291. The van der Waals surface area contributed by atoms with Crippen LogP contribution < -0.4 is 16.8 Å². The summed E-state index contributed by atoms with van der Waals surface area (Å²) < 4.78 is 0. The van der Waals surface area contributed by atoms with E-state index in [0.29, 0.717) is 12.5 Å². The molecule has 1 rings (SSSR count). The van der Waals surface area contributed by atoms with Crippen LogP contribution in [-0.4, -0.2) is 23.1 Å². The van der Waals surface area contributed by atoms with Crippen LogP contribution >= 0.6 is 0 Å². The monoisotopic (exact) mass is 167 g/mol. The van der Waals surface area contributed by atoms with Crippen LogP contribution in [0.3, 0.4) is 0 Å². The van der Waals surface area contributed by atoms with E-state index >= 15 is 0 Å². The molecule has 0 radical (unpaired) electrons. The molecular weight excluding hydrogens is 154 g/mol. The van der Waals surface area contributed by atoms with Crippen LogP contribution in [0.1, 0.15) is 6.42 Å². The van der Waals surface area contributed by atoms with E-state index in [1.165, 1.54) is 0 Å². The molecule has 0 bridgehead atoms. The number of hydrogen-bond donors (Lipinski definition) is 3. The predicted molar refractivity (Wildman–Crippen MR) is 48.6 cm³/mol. The van der Waals surface area contributed by atoms with E-state index in [1.807, 2.05) is 0 Å².